The van der Waals surface area contributed by atoms with Gasteiger partial charge in [-0.2, -0.15) is 5.10 Å². The molecule has 5 aromatic rings. The first-order chi connectivity index (χ1) is 20.1. The fourth-order valence-electron chi connectivity index (χ4n) is 6.81. The number of piperidine rings is 1. The first-order valence-corrected chi connectivity index (χ1v) is 14.5. The normalized spacial score (nSPS) is 20.5. The SMILES string of the molecule is Cn1cc(-c2ccc(-c3ccc4ncc5c(c4c3)n(C3CC4CCC(C3)N4C(=O)OC(C)(C)C)c(=O)n5C)cn2)cn1. The van der Waals surface area contributed by atoms with E-state index in [1.54, 1.807) is 21.6 Å². The van der Waals surface area contributed by atoms with Crippen molar-refractivity contribution in [3.8, 4) is 22.4 Å². The number of hydrogen-bond acceptors (Lipinski definition) is 6. The van der Waals surface area contributed by atoms with Crippen LogP contribution in [0.4, 0.5) is 4.79 Å². The van der Waals surface area contributed by atoms with Crippen molar-refractivity contribution < 1.29 is 9.53 Å². The van der Waals surface area contributed by atoms with E-state index in [0.717, 1.165) is 70.0 Å². The van der Waals surface area contributed by atoms with E-state index in [4.69, 9.17) is 9.72 Å². The molecule has 4 aromatic heterocycles. The highest BCUT2D eigenvalue weighted by Gasteiger charge is 2.46. The van der Waals surface area contributed by atoms with Gasteiger partial charge in [-0.3, -0.25) is 23.8 Å². The van der Waals surface area contributed by atoms with Gasteiger partial charge in [-0.25, -0.2) is 9.59 Å². The van der Waals surface area contributed by atoms with E-state index in [-0.39, 0.29) is 29.9 Å². The summed E-state index contributed by atoms with van der Waals surface area (Å²) in [4.78, 5) is 38.2. The summed E-state index contributed by atoms with van der Waals surface area (Å²) in [6.07, 6.45) is 10.5. The lowest BCUT2D eigenvalue weighted by Gasteiger charge is -2.39. The Labute approximate surface area is 243 Å². The number of imidazole rings is 1. The summed E-state index contributed by atoms with van der Waals surface area (Å²) in [5, 5.41) is 5.18. The summed E-state index contributed by atoms with van der Waals surface area (Å²) < 4.78 is 11.2. The number of pyridine rings is 2. The number of ether oxygens (including phenoxy) is 1. The summed E-state index contributed by atoms with van der Waals surface area (Å²) in [5.74, 6) is 0. The second-order valence-corrected chi connectivity index (χ2v) is 12.7. The van der Waals surface area contributed by atoms with Crippen molar-refractivity contribution in [1.82, 2.24) is 33.8 Å². The molecule has 1 aromatic carbocycles. The molecule has 0 radical (unpaired) electrons. The van der Waals surface area contributed by atoms with Gasteiger partial charge in [0, 0.05) is 61.1 Å². The number of aryl methyl sites for hydroxylation is 2. The molecule has 2 saturated heterocycles. The average Bonchev–Trinajstić information content (AvgIpc) is 3.59. The molecule has 6 heterocycles. The molecule has 0 N–H and O–H groups in total. The fourth-order valence-corrected chi connectivity index (χ4v) is 6.81. The lowest BCUT2D eigenvalue weighted by atomic mass is 9.97. The van der Waals surface area contributed by atoms with Gasteiger partial charge in [0.25, 0.3) is 0 Å². The maximum atomic E-state index is 13.8. The van der Waals surface area contributed by atoms with Crippen LogP contribution in [0.15, 0.2) is 59.9 Å². The molecule has 42 heavy (non-hydrogen) atoms. The fraction of sp³-hybridized carbons (Fsp3) is 0.406. The number of carbonyl (C=O) groups excluding carboxylic acids is 1. The summed E-state index contributed by atoms with van der Waals surface area (Å²) in [5.41, 5.74) is 5.75. The molecule has 0 aliphatic carbocycles. The van der Waals surface area contributed by atoms with Crippen LogP contribution in [-0.2, 0) is 18.8 Å². The summed E-state index contributed by atoms with van der Waals surface area (Å²) in [7, 11) is 3.70. The number of amides is 1. The van der Waals surface area contributed by atoms with Gasteiger partial charge in [0.05, 0.1) is 34.6 Å². The Morgan fingerprint density at radius 3 is 2.29 bits per heavy atom. The maximum Gasteiger partial charge on any atom is 0.410 e. The Morgan fingerprint density at radius 1 is 0.905 bits per heavy atom. The monoisotopic (exact) mass is 565 g/mol. The highest BCUT2D eigenvalue weighted by molar-refractivity contribution is 6.04. The molecule has 2 bridgehead atoms. The van der Waals surface area contributed by atoms with Gasteiger partial charge in [-0.15, -0.1) is 0 Å². The predicted octanol–water partition coefficient (Wildman–Crippen LogP) is 5.45. The Balaban J connectivity index is 1.27. The molecule has 2 aliphatic rings. The second-order valence-electron chi connectivity index (χ2n) is 12.7. The lowest BCUT2D eigenvalue weighted by Crippen LogP contribution is -2.49. The topological polar surface area (TPSA) is 100 Å². The molecule has 2 atom stereocenters. The van der Waals surface area contributed by atoms with Crippen LogP contribution in [0.3, 0.4) is 0 Å². The zero-order valence-electron chi connectivity index (χ0n) is 24.6. The number of rotatable bonds is 3. The number of fused-ring (bicyclic) bond motifs is 5. The van der Waals surface area contributed by atoms with Gasteiger partial charge in [0.2, 0.25) is 0 Å². The Morgan fingerprint density at radius 2 is 1.64 bits per heavy atom. The molecule has 2 aliphatic heterocycles. The average molecular weight is 566 g/mol. The maximum absolute atomic E-state index is 13.8. The largest absolute Gasteiger partial charge is 0.444 e. The van der Waals surface area contributed by atoms with E-state index in [0.29, 0.717) is 0 Å². The molecule has 10 heteroatoms. The third-order valence-electron chi connectivity index (χ3n) is 8.69. The van der Waals surface area contributed by atoms with Crippen LogP contribution in [0, 0.1) is 0 Å². The van der Waals surface area contributed by atoms with Crippen molar-refractivity contribution in [3.63, 3.8) is 0 Å². The zero-order valence-corrected chi connectivity index (χ0v) is 24.6. The van der Waals surface area contributed by atoms with Crippen LogP contribution in [0.2, 0.25) is 0 Å². The minimum Gasteiger partial charge on any atom is -0.444 e. The Bertz CT molecular complexity index is 1880. The quantitative estimate of drug-likeness (QED) is 0.288. The molecule has 1 amide bonds. The number of benzene rings is 1. The van der Waals surface area contributed by atoms with Gasteiger partial charge in [-0.05, 0) is 70.2 Å². The van der Waals surface area contributed by atoms with Gasteiger partial charge in [0.15, 0.2) is 0 Å². The Hall–Kier alpha value is -4.47. The van der Waals surface area contributed by atoms with E-state index >= 15 is 0 Å². The molecule has 2 unspecified atom stereocenters. The highest BCUT2D eigenvalue weighted by atomic mass is 16.6. The van der Waals surface area contributed by atoms with E-state index in [2.05, 4.69) is 22.2 Å². The van der Waals surface area contributed by atoms with E-state index in [9.17, 15) is 9.59 Å². The molecule has 216 valence electrons. The van der Waals surface area contributed by atoms with Crippen molar-refractivity contribution in [2.45, 2.75) is 70.2 Å². The van der Waals surface area contributed by atoms with Crippen molar-refractivity contribution in [2.75, 3.05) is 0 Å². The smallest absolute Gasteiger partial charge is 0.410 e. The van der Waals surface area contributed by atoms with Crippen LogP contribution in [0.5, 0.6) is 0 Å². The van der Waals surface area contributed by atoms with E-state index in [1.165, 1.54) is 0 Å². The molecule has 10 nitrogen and oxygen atoms in total. The first-order valence-electron chi connectivity index (χ1n) is 14.5. The standard InChI is InChI=1S/C32H35N7O3/c1-32(2,3)42-31(41)38-22-8-9-23(38)14-24(13-22)39-29-25-12-19(6-11-27(25)34-17-28(29)37(5)30(39)40)20-7-10-26(33-15-20)21-16-35-36(4)18-21/h6-7,10-12,15-18,22-24H,8-9,13-14H2,1-5H3. The minimum absolute atomic E-state index is 0.0212. The van der Waals surface area contributed by atoms with Gasteiger partial charge >= 0.3 is 11.8 Å². The molecule has 0 saturated carbocycles. The van der Waals surface area contributed by atoms with Crippen LogP contribution in [-0.4, -0.2) is 57.6 Å². The third kappa shape index (κ3) is 4.36. The highest BCUT2D eigenvalue weighted by Crippen LogP contribution is 2.43. The van der Waals surface area contributed by atoms with Crippen molar-refractivity contribution in [1.29, 1.82) is 0 Å². The van der Waals surface area contributed by atoms with E-state index in [1.807, 2.05) is 74.9 Å². The van der Waals surface area contributed by atoms with Crippen LogP contribution in [0.1, 0.15) is 52.5 Å². The zero-order chi connectivity index (χ0) is 29.3. The number of nitrogens with zero attached hydrogens (tertiary/aromatic N) is 7. The second kappa shape index (κ2) is 9.54. The van der Waals surface area contributed by atoms with Crippen molar-refractivity contribution in [2.24, 2.45) is 14.1 Å². The molecular formula is C32H35N7O3. The summed E-state index contributed by atoms with van der Waals surface area (Å²) in [6, 6.07) is 10.3. The van der Waals surface area contributed by atoms with Gasteiger partial charge in [-0.1, -0.05) is 12.1 Å². The number of carbonyl (C=O) groups is 1. The molecule has 2 fully saturated rings. The molecular weight excluding hydrogens is 530 g/mol. The van der Waals surface area contributed by atoms with Crippen molar-refractivity contribution >= 4 is 28.0 Å². The summed E-state index contributed by atoms with van der Waals surface area (Å²) in [6.45, 7) is 5.69. The van der Waals surface area contributed by atoms with Crippen LogP contribution >= 0.6 is 0 Å². The third-order valence-corrected chi connectivity index (χ3v) is 8.69. The van der Waals surface area contributed by atoms with Gasteiger partial charge in [0.1, 0.15) is 5.60 Å². The molecule has 7 rings (SSSR count). The van der Waals surface area contributed by atoms with E-state index < -0.39 is 5.60 Å². The summed E-state index contributed by atoms with van der Waals surface area (Å²) >= 11 is 0. The predicted molar refractivity (Wildman–Crippen MR) is 161 cm³/mol. The Kier molecular flexibility index (Phi) is 6.00. The first kappa shape index (κ1) is 26.4. The lowest BCUT2D eigenvalue weighted by molar-refractivity contribution is 0.00298. The minimum atomic E-state index is -0.543. The van der Waals surface area contributed by atoms with Crippen LogP contribution in [0.25, 0.3) is 44.3 Å². The van der Waals surface area contributed by atoms with Crippen LogP contribution < -0.4 is 5.69 Å². The number of aromatic nitrogens is 6. The molecule has 0 spiro atoms. The van der Waals surface area contributed by atoms with Gasteiger partial charge < -0.3 is 9.64 Å². The number of hydrogen-bond donors (Lipinski definition) is 0. The van der Waals surface area contributed by atoms with Crippen molar-refractivity contribution in [3.05, 3.63) is 65.6 Å².